The van der Waals surface area contributed by atoms with E-state index in [1.54, 1.807) is 12.1 Å². The molecule has 0 aliphatic heterocycles. The zero-order valence-electron chi connectivity index (χ0n) is 20.8. The van der Waals surface area contributed by atoms with Gasteiger partial charge in [-0.2, -0.15) is 0 Å². The molecule has 0 fully saturated rings. The van der Waals surface area contributed by atoms with Crippen LogP contribution in [0.4, 0.5) is 5.69 Å². The molecule has 186 valence electrons. The molecule has 7 nitrogen and oxygen atoms in total. The first kappa shape index (κ1) is 27.4. The average Bonchev–Trinajstić information content (AvgIpc) is 2.80. The summed E-state index contributed by atoms with van der Waals surface area (Å²) in [5, 5.41) is 2.80. The lowest BCUT2D eigenvalue weighted by molar-refractivity contribution is -0.139. The van der Waals surface area contributed by atoms with Gasteiger partial charge in [0, 0.05) is 13.1 Å². The zero-order chi connectivity index (χ0) is 25.3. The third-order valence-electron chi connectivity index (χ3n) is 5.73. The molecule has 0 saturated carbocycles. The second-order valence-electron chi connectivity index (χ2n) is 8.62. The molecule has 0 heterocycles. The SMILES string of the molecule is CCNC(=O)[C@H](CC)N(CCc1ccccc1)C(=O)CN(c1ccccc1C(C)C)S(C)(=O)=O. The third-order valence-corrected chi connectivity index (χ3v) is 6.85. The number of likely N-dealkylation sites (N-methyl/N-ethyl adjacent to an activating group) is 1. The molecule has 8 heteroatoms. The minimum absolute atomic E-state index is 0.0726. The Hall–Kier alpha value is -2.87. The lowest BCUT2D eigenvalue weighted by atomic mass is 10.0. The van der Waals surface area contributed by atoms with Crippen LogP contribution in [0.2, 0.25) is 0 Å². The molecular formula is C26H37N3O4S. The molecule has 1 N–H and O–H groups in total. The first-order valence-corrected chi connectivity index (χ1v) is 13.6. The molecule has 2 aromatic carbocycles. The second kappa shape index (κ2) is 12.6. The molecule has 1 atom stereocenters. The number of carbonyl (C=O) groups is 2. The third kappa shape index (κ3) is 7.32. The number of benzene rings is 2. The molecule has 0 bridgehead atoms. The van der Waals surface area contributed by atoms with Gasteiger partial charge in [-0.15, -0.1) is 0 Å². The van der Waals surface area contributed by atoms with Gasteiger partial charge in [0.1, 0.15) is 12.6 Å². The monoisotopic (exact) mass is 487 g/mol. The van der Waals surface area contributed by atoms with Gasteiger partial charge >= 0.3 is 0 Å². The highest BCUT2D eigenvalue weighted by Crippen LogP contribution is 2.29. The van der Waals surface area contributed by atoms with Crippen LogP contribution in [0.15, 0.2) is 54.6 Å². The van der Waals surface area contributed by atoms with Crippen LogP contribution in [0, 0.1) is 0 Å². The molecule has 0 aliphatic rings. The summed E-state index contributed by atoms with van der Waals surface area (Å²) in [6.07, 6.45) is 2.09. The highest BCUT2D eigenvalue weighted by molar-refractivity contribution is 7.92. The van der Waals surface area contributed by atoms with Crippen LogP contribution < -0.4 is 9.62 Å². The molecule has 0 spiro atoms. The zero-order valence-corrected chi connectivity index (χ0v) is 21.6. The maximum atomic E-state index is 13.6. The second-order valence-corrected chi connectivity index (χ2v) is 10.5. The lowest BCUT2D eigenvalue weighted by Gasteiger charge is -2.33. The van der Waals surface area contributed by atoms with Gasteiger partial charge in [0.2, 0.25) is 21.8 Å². The molecule has 2 aromatic rings. The molecule has 0 aliphatic carbocycles. The smallest absolute Gasteiger partial charge is 0.244 e. The Kier molecular flexibility index (Phi) is 10.1. The largest absolute Gasteiger partial charge is 0.355 e. The molecular weight excluding hydrogens is 450 g/mol. The summed E-state index contributed by atoms with van der Waals surface area (Å²) in [5.74, 6) is -0.568. The Balaban J connectivity index is 2.41. The summed E-state index contributed by atoms with van der Waals surface area (Å²) >= 11 is 0. The van der Waals surface area contributed by atoms with E-state index >= 15 is 0 Å². The number of carbonyl (C=O) groups excluding carboxylic acids is 2. The quantitative estimate of drug-likeness (QED) is 0.496. The van der Waals surface area contributed by atoms with Crippen molar-refractivity contribution in [1.82, 2.24) is 10.2 Å². The van der Waals surface area contributed by atoms with Crippen LogP contribution in [0.1, 0.15) is 51.2 Å². The maximum absolute atomic E-state index is 13.6. The molecule has 2 rings (SSSR count). The summed E-state index contributed by atoms with van der Waals surface area (Å²) in [6, 6.07) is 16.3. The maximum Gasteiger partial charge on any atom is 0.244 e. The van der Waals surface area contributed by atoms with Gasteiger partial charge in [0.05, 0.1) is 11.9 Å². The number of amides is 2. The Morgan fingerprint density at radius 3 is 2.15 bits per heavy atom. The van der Waals surface area contributed by atoms with Gasteiger partial charge in [0.25, 0.3) is 0 Å². The minimum atomic E-state index is -3.75. The molecule has 0 unspecified atom stereocenters. The number of nitrogens with zero attached hydrogens (tertiary/aromatic N) is 2. The van der Waals surface area contributed by atoms with Crippen LogP contribution in [0.3, 0.4) is 0 Å². The topological polar surface area (TPSA) is 86.8 Å². The average molecular weight is 488 g/mol. The van der Waals surface area contributed by atoms with Crippen molar-refractivity contribution in [3.63, 3.8) is 0 Å². The van der Waals surface area contributed by atoms with Crippen LogP contribution in [0.25, 0.3) is 0 Å². The molecule has 2 amide bonds. The summed E-state index contributed by atoms with van der Waals surface area (Å²) in [7, 11) is -3.75. The Labute approximate surface area is 204 Å². The van der Waals surface area contributed by atoms with E-state index in [2.05, 4.69) is 5.32 Å². The van der Waals surface area contributed by atoms with E-state index in [1.807, 2.05) is 70.2 Å². The van der Waals surface area contributed by atoms with Crippen LogP contribution in [-0.2, 0) is 26.0 Å². The fourth-order valence-corrected chi connectivity index (χ4v) is 4.85. The fourth-order valence-electron chi connectivity index (χ4n) is 3.99. The van der Waals surface area contributed by atoms with Crippen LogP contribution in [0.5, 0.6) is 0 Å². The molecule has 0 saturated heterocycles. The van der Waals surface area contributed by atoms with Crippen LogP contribution in [-0.4, -0.2) is 57.1 Å². The Morgan fingerprint density at radius 2 is 1.59 bits per heavy atom. The minimum Gasteiger partial charge on any atom is -0.355 e. The number of sulfonamides is 1. The van der Waals surface area contributed by atoms with Gasteiger partial charge < -0.3 is 10.2 Å². The van der Waals surface area contributed by atoms with Gasteiger partial charge in [-0.1, -0.05) is 69.3 Å². The van der Waals surface area contributed by atoms with Crippen molar-refractivity contribution in [2.45, 2.75) is 52.5 Å². The van der Waals surface area contributed by atoms with E-state index in [4.69, 9.17) is 0 Å². The molecule has 0 aromatic heterocycles. The number of hydrogen-bond acceptors (Lipinski definition) is 4. The van der Waals surface area contributed by atoms with Crippen molar-refractivity contribution in [2.24, 2.45) is 0 Å². The van der Waals surface area contributed by atoms with E-state index in [0.29, 0.717) is 31.6 Å². The summed E-state index contributed by atoms with van der Waals surface area (Å²) in [6.45, 7) is 8.04. The number of hydrogen-bond donors (Lipinski definition) is 1. The predicted molar refractivity (Wildman–Crippen MR) is 137 cm³/mol. The standard InChI is InChI=1S/C26H37N3O4S/c1-6-23(26(31)27-7-2)28(18-17-21-13-9-8-10-14-21)25(30)19-29(34(5,32)33)24-16-12-11-15-22(24)20(3)4/h8-16,20,23H,6-7,17-19H2,1-5H3,(H,27,31)/t23-/m0/s1. The number of para-hydroxylation sites is 1. The Bertz CT molecular complexity index is 1050. The highest BCUT2D eigenvalue weighted by atomic mass is 32.2. The van der Waals surface area contributed by atoms with Crippen molar-refractivity contribution < 1.29 is 18.0 Å². The number of rotatable bonds is 12. The van der Waals surface area contributed by atoms with Crippen molar-refractivity contribution in [3.8, 4) is 0 Å². The highest BCUT2D eigenvalue weighted by Gasteiger charge is 2.32. The summed E-state index contributed by atoms with van der Waals surface area (Å²) < 4.78 is 26.7. The Morgan fingerprint density at radius 1 is 0.971 bits per heavy atom. The van der Waals surface area contributed by atoms with Crippen molar-refractivity contribution in [1.29, 1.82) is 0 Å². The number of nitrogens with one attached hydrogen (secondary N) is 1. The van der Waals surface area contributed by atoms with Gasteiger partial charge in [0.15, 0.2) is 0 Å². The van der Waals surface area contributed by atoms with Gasteiger partial charge in [-0.25, -0.2) is 8.42 Å². The van der Waals surface area contributed by atoms with E-state index in [9.17, 15) is 18.0 Å². The van der Waals surface area contributed by atoms with Crippen molar-refractivity contribution in [2.75, 3.05) is 30.2 Å². The van der Waals surface area contributed by atoms with Crippen molar-refractivity contribution >= 4 is 27.5 Å². The molecule has 0 radical (unpaired) electrons. The lowest BCUT2D eigenvalue weighted by Crippen LogP contribution is -2.53. The van der Waals surface area contributed by atoms with E-state index in [0.717, 1.165) is 21.7 Å². The van der Waals surface area contributed by atoms with Gasteiger partial charge in [-0.05, 0) is 42.9 Å². The van der Waals surface area contributed by atoms with Crippen LogP contribution >= 0.6 is 0 Å². The molecule has 34 heavy (non-hydrogen) atoms. The summed E-state index contributed by atoms with van der Waals surface area (Å²) in [4.78, 5) is 27.9. The van der Waals surface area contributed by atoms with E-state index in [1.165, 1.54) is 4.90 Å². The number of anilines is 1. The van der Waals surface area contributed by atoms with E-state index in [-0.39, 0.29) is 18.4 Å². The first-order valence-electron chi connectivity index (χ1n) is 11.8. The predicted octanol–water partition coefficient (Wildman–Crippen LogP) is 3.56. The first-order chi connectivity index (χ1) is 16.1. The fraction of sp³-hybridized carbons (Fsp3) is 0.462. The summed E-state index contributed by atoms with van der Waals surface area (Å²) in [5.41, 5.74) is 2.37. The normalized spacial score (nSPS) is 12.3. The van der Waals surface area contributed by atoms with Crippen molar-refractivity contribution in [3.05, 3.63) is 65.7 Å². The van der Waals surface area contributed by atoms with E-state index < -0.39 is 22.0 Å². The van der Waals surface area contributed by atoms with Gasteiger partial charge in [-0.3, -0.25) is 13.9 Å².